The van der Waals surface area contributed by atoms with Crippen LogP contribution in [0, 0.1) is 0 Å². The molecule has 1 unspecified atom stereocenters. The van der Waals surface area contributed by atoms with Gasteiger partial charge in [0.25, 0.3) is 0 Å². The molecule has 1 aliphatic heterocycles. The van der Waals surface area contributed by atoms with Crippen molar-refractivity contribution in [3.05, 3.63) is 0 Å². The molecule has 0 aliphatic carbocycles. The van der Waals surface area contributed by atoms with Gasteiger partial charge in [-0.15, -0.1) is 0 Å². The van der Waals surface area contributed by atoms with Gasteiger partial charge in [-0.3, -0.25) is 10.2 Å². The summed E-state index contributed by atoms with van der Waals surface area (Å²) in [5.74, 6) is 0. The number of hydrogen-bond donors (Lipinski definition) is 1. The monoisotopic (exact) mass is 284 g/mol. The molecule has 6 nitrogen and oxygen atoms in total. The maximum Gasteiger partial charge on any atom is 0.419 e. The average molecular weight is 284 g/mol. The molecule has 110 valence electrons. The van der Waals surface area contributed by atoms with Gasteiger partial charge in [0.15, 0.2) is 0 Å². The molecule has 1 aliphatic rings. The van der Waals surface area contributed by atoms with Gasteiger partial charge in [-0.25, -0.2) is 9.59 Å². The van der Waals surface area contributed by atoms with E-state index in [1.54, 1.807) is 0 Å². The molecule has 19 heavy (non-hydrogen) atoms. The van der Waals surface area contributed by atoms with Crippen molar-refractivity contribution in [2.45, 2.75) is 31.5 Å². The van der Waals surface area contributed by atoms with E-state index in [9.17, 15) is 22.8 Å². The molecule has 2 amide bonds. The number of carbonyl (C=O) groups is 2. The van der Waals surface area contributed by atoms with E-state index < -0.39 is 24.4 Å². The van der Waals surface area contributed by atoms with Gasteiger partial charge in [0.1, 0.15) is 12.8 Å². The second-order valence-electron chi connectivity index (χ2n) is 4.01. The number of methoxy groups -OCH3 is 1. The number of carbonyl (C=O) groups excluding carboxylic acids is 2. The third-order valence-corrected chi connectivity index (χ3v) is 2.66. The second-order valence-corrected chi connectivity index (χ2v) is 4.01. The number of alkyl halides is 3. The summed E-state index contributed by atoms with van der Waals surface area (Å²) in [4.78, 5) is 23.1. The Labute approximate surface area is 107 Å². The molecule has 0 aromatic rings. The van der Waals surface area contributed by atoms with E-state index in [1.807, 2.05) is 5.32 Å². The summed E-state index contributed by atoms with van der Waals surface area (Å²) >= 11 is 0. The molecule has 1 rings (SSSR count). The van der Waals surface area contributed by atoms with E-state index in [1.165, 1.54) is 7.11 Å². The summed E-state index contributed by atoms with van der Waals surface area (Å²) < 4.78 is 46.9. The number of rotatable bonds is 2. The highest BCUT2D eigenvalue weighted by Crippen LogP contribution is 2.32. The molecular weight excluding hydrogens is 269 g/mol. The molecule has 9 heteroatoms. The van der Waals surface area contributed by atoms with Crippen molar-refractivity contribution in [2.24, 2.45) is 0 Å². The minimum absolute atomic E-state index is 0.0828. The maximum atomic E-state index is 12.7. The number of nitrogens with one attached hydrogen (secondary N) is 1. The summed E-state index contributed by atoms with van der Waals surface area (Å²) in [6, 6.07) is -1.90. The van der Waals surface area contributed by atoms with Crippen LogP contribution < -0.4 is 5.32 Å². The molecular formula is C10H15F3N2O4. The van der Waals surface area contributed by atoms with Crippen LogP contribution in [0.15, 0.2) is 0 Å². The lowest BCUT2D eigenvalue weighted by Crippen LogP contribution is -2.52. The number of piperidine rings is 1. The lowest BCUT2D eigenvalue weighted by Gasteiger charge is -2.35. The number of halogens is 3. The van der Waals surface area contributed by atoms with Gasteiger partial charge in [0.2, 0.25) is 0 Å². The zero-order valence-corrected chi connectivity index (χ0v) is 10.3. The molecule has 0 aromatic heterocycles. The second kappa shape index (κ2) is 6.60. The van der Waals surface area contributed by atoms with E-state index in [2.05, 4.69) is 9.47 Å². The van der Waals surface area contributed by atoms with Crippen LogP contribution in [0.1, 0.15) is 19.3 Å². The Hall–Kier alpha value is -1.51. The number of nitrogens with zero attached hydrogens (tertiary/aromatic N) is 1. The van der Waals surface area contributed by atoms with Gasteiger partial charge < -0.3 is 9.47 Å². The molecule has 0 spiro atoms. The van der Waals surface area contributed by atoms with Crippen molar-refractivity contribution in [2.75, 3.05) is 20.4 Å². The fraction of sp³-hybridized carbons (Fsp3) is 0.800. The van der Waals surface area contributed by atoms with Crippen molar-refractivity contribution >= 4 is 12.2 Å². The van der Waals surface area contributed by atoms with E-state index in [0.717, 1.165) is 0 Å². The smallest absolute Gasteiger partial charge is 0.364 e. The van der Waals surface area contributed by atoms with E-state index in [-0.39, 0.29) is 19.7 Å². The molecule has 0 saturated carbocycles. The van der Waals surface area contributed by atoms with E-state index >= 15 is 0 Å². The molecule has 1 atom stereocenters. The van der Waals surface area contributed by atoms with Crippen molar-refractivity contribution in [3.8, 4) is 0 Å². The Morgan fingerprint density at radius 2 is 2.05 bits per heavy atom. The summed E-state index contributed by atoms with van der Waals surface area (Å²) in [5, 5.41) is 2.04. The van der Waals surface area contributed by atoms with Crippen LogP contribution in [0.4, 0.5) is 22.8 Å². The quantitative estimate of drug-likeness (QED) is 0.620. The van der Waals surface area contributed by atoms with Crippen LogP contribution in [-0.2, 0) is 9.47 Å². The third kappa shape index (κ3) is 4.58. The molecule has 1 N–H and O–H groups in total. The minimum atomic E-state index is -4.53. The highest BCUT2D eigenvalue weighted by atomic mass is 19.4. The topological polar surface area (TPSA) is 67.9 Å². The largest absolute Gasteiger partial charge is 0.419 e. The molecule has 1 fully saturated rings. The van der Waals surface area contributed by atoms with Crippen molar-refractivity contribution in [1.82, 2.24) is 10.2 Å². The summed E-state index contributed by atoms with van der Waals surface area (Å²) in [6.07, 6.45) is -6.32. The Morgan fingerprint density at radius 1 is 1.37 bits per heavy atom. The highest BCUT2D eigenvalue weighted by molar-refractivity contribution is 5.83. The molecule has 1 saturated heterocycles. The predicted octanol–water partition coefficient (Wildman–Crippen LogP) is 1.85. The summed E-state index contributed by atoms with van der Waals surface area (Å²) in [6.45, 7) is -0.282. The van der Waals surface area contributed by atoms with Crippen LogP contribution in [0.5, 0.6) is 0 Å². The summed E-state index contributed by atoms with van der Waals surface area (Å²) in [5.41, 5.74) is 0. The third-order valence-electron chi connectivity index (χ3n) is 2.66. The van der Waals surface area contributed by atoms with E-state index in [0.29, 0.717) is 17.7 Å². The normalized spacial score (nSPS) is 20.0. The predicted molar refractivity (Wildman–Crippen MR) is 57.3 cm³/mol. The minimum Gasteiger partial charge on any atom is -0.364 e. The first-order valence-electron chi connectivity index (χ1n) is 5.68. The van der Waals surface area contributed by atoms with Crippen LogP contribution >= 0.6 is 0 Å². The van der Waals surface area contributed by atoms with Crippen molar-refractivity contribution in [1.29, 1.82) is 0 Å². The van der Waals surface area contributed by atoms with Gasteiger partial charge >= 0.3 is 18.4 Å². The van der Waals surface area contributed by atoms with Crippen LogP contribution in [0.25, 0.3) is 0 Å². The highest BCUT2D eigenvalue weighted by Gasteiger charge is 2.47. The lowest BCUT2D eigenvalue weighted by atomic mass is 10.0. The van der Waals surface area contributed by atoms with Crippen molar-refractivity contribution in [3.63, 3.8) is 0 Å². The number of likely N-dealkylation sites (tertiary alicyclic amines) is 1. The average Bonchev–Trinajstić information content (AvgIpc) is 2.35. The zero-order valence-electron chi connectivity index (χ0n) is 10.3. The molecule has 0 radical (unpaired) electrons. The number of alkyl carbamates (subject to hydrolysis) is 1. The number of ether oxygens (including phenoxy) is 2. The zero-order chi connectivity index (χ0) is 14.5. The Balaban J connectivity index is 2.60. The van der Waals surface area contributed by atoms with Crippen LogP contribution in [0.3, 0.4) is 0 Å². The number of amides is 2. The number of hydrogen-bond acceptors (Lipinski definition) is 4. The van der Waals surface area contributed by atoms with Crippen LogP contribution in [0.2, 0.25) is 0 Å². The first kappa shape index (κ1) is 15.5. The van der Waals surface area contributed by atoms with Gasteiger partial charge in [-0.2, -0.15) is 13.2 Å². The van der Waals surface area contributed by atoms with Gasteiger partial charge in [0.05, 0.1) is 0 Å². The molecule has 0 aromatic carbocycles. The molecule has 1 heterocycles. The maximum absolute atomic E-state index is 12.7. The van der Waals surface area contributed by atoms with Gasteiger partial charge in [-0.1, -0.05) is 0 Å². The van der Waals surface area contributed by atoms with Crippen LogP contribution in [-0.4, -0.2) is 49.7 Å². The first-order valence-corrected chi connectivity index (χ1v) is 5.68. The Morgan fingerprint density at radius 3 is 2.63 bits per heavy atom. The Kier molecular flexibility index (Phi) is 5.40. The SMILES string of the molecule is COCNC(=O)OC(=O)N1CCCCC1C(F)(F)F. The Bertz CT molecular complexity index is 335. The standard InChI is InChI=1S/C10H15F3N2O4/c1-18-6-14-8(16)19-9(17)15-5-3-2-4-7(15)10(11,12)13/h7H,2-6H2,1H3,(H,14,16). The fourth-order valence-electron chi connectivity index (χ4n) is 1.80. The van der Waals surface area contributed by atoms with Crippen molar-refractivity contribution < 1.29 is 32.2 Å². The van der Waals surface area contributed by atoms with Gasteiger partial charge in [0, 0.05) is 13.7 Å². The molecule has 0 bridgehead atoms. The fourth-order valence-corrected chi connectivity index (χ4v) is 1.80. The van der Waals surface area contributed by atoms with Gasteiger partial charge in [-0.05, 0) is 19.3 Å². The first-order chi connectivity index (χ1) is 8.86. The van der Waals surface area contributed by atoms with E-state index in [4.69, 9.17) is 0 Å². The lowest BCUT2D eigenvalue weighted by molar-refractivity contribution is -0.184. The summed E-state index contributed by atoms with van der Waals surface area (Å²) in [7, 11) is 1.30.